The second-order valence-corrected chi connectivity index (χ2v) is 7.04. The number of carbonyl (C=O) groups is 3. The Balaban J connectivity index is 1.58. The zero-order chi connectivity index (χ0) is 18.7. The minimum Gasteiger partial charge on any atom is -0.481 e. The maximum Gasteiger partial charge on any atom is 0.306 e. The minimum absolute atomic E-state index is 0.0146. The third-order valence-corrected chi connectivity index (χ3v) is 4.91. The van der Waals surface area contributed by atoms with Gasteiger partial charge in [0.05, 0.1) is 25.0 Å². The summed E-state index contributed by atoms with van der Waals surface area (Å²) in [4.78, 5) is 39.3. The second kappa shape index (κ2) is 7.86. The third kappa shape index (κ3) is 4.40. The van der Waals surface area contributed by atoms with Crippen molar-refractivity contribution < 1.29 is 24.2 Å². The molecule has 2 saturated heterocycles. The molecule has 1 N–H and O–H groups in total. The average Bonchev–Trinajstić information content (AvgIpc) is 2.96. The summed E-state index contributed by atoms with van der Waals surface area (Å²) in [5.74, 6) is -1.40. The van der Waals surface area contributed by atoms with Crippen LogP contribution in [-0.2, 0) is 25.7 Å². The molecular formula is C19H24N2O5. The molecule has 26 heavy (non-hydrogen) atoms. The van der Waals surface area contributed by atoms with Crippen LogP contribution in [0.15, 0.2) is 24.3 Å². The smallest absolute Gasteiger partial charge is 0.306 e. The van der Waals surface area contributed by atoms with E-state index in [2.05, 4.69) is 0 Å². The first-order chi connectivity index (χ1) is 12.4. The molecule has 1 aromatic rings. The molecule has 0 bridgehead atoms. The van der Waals surface area contributed by atoms with Crippen molar-refractivity contribution in [3.63, 3.8) is 0 Å². The molecular weight excluding hydrogens is 336 g/mol. The Kier molecular flexibility index (Phi) is 5.56. The van der Waals surface area contributed by atoms with Gasteiger partial charge in [-0.1, -0.05) is 29.8 Å². The molecule has 2 unspecified atom stereocenters. The van der Waals surface area contributed by atoms with E-state index in [1.807, 2.05) is 31.2 Å². The van der Waals surface area contributed by atoms with Gasteiger partial charge in [0.1, 0.15) is 0 Å². The quantitative estimate of drug-likeness (QED) is 0.848. The van der Waals surface area contributed by atoms with Gasteiger partial charge in [0, 0.05) is 32.6 Å². The highest BCUT2D eigenvalue weighted by Gasteiger charge is 2.38. The SMILES string of the molecule is Cc1ccc(CN2CC(C(=O)N3CCOC(CC(=O)O)C3)CC2=O)cc1. The average molecular weight is 360 g/mol. The molecule has 7 nitrogen and oxygen atoms in total. The second-order valence-electron chi connectivity index (χ2n) is 7.04. The summed E-state index contributed by atoms with van der Waals surface area (Å²) in [6, 6.07) is 8.01. The summed E-state index contributed by atoms with van der Waals surface area (Å²) in [7, 11) is 0. The van der Waals surface area contributed by atoms with Crippen LogP contribution in [0.3, 0.4) is 0 Å². The number of carboxylic acid groups (broad SMARTS) is 1. The van der Waals surface area contributed by atoms with E-state index in [1.165, 1.54) is 0 Å². The summed E-state index contributed by atoms with van der Waals surface area (Å²) in [5.41, 5.74) is 2.21. The van der Waals surface area contributed by atoms with Gasteiger partial charge < -0.3 is 19.6 Å². The first-order valence-electron chi connectivity index (χ1n) is 8.88. The van der Waals surface area contributed by atoms with Crippen LogP contribution in [0.4, 0.5) is 0 Å². The van der Waals surface area contributed by atoms with Gasteiger partial charge in [-0.25, -0.2) is 0 Å². The van der Waals surface area contributed by atoms with Gasteiger partial charge in [-0.05, 0) is 12.5 Å². The summed E-state index contributed by atoms with van der Waals surface area (Å²) in [6.07, 6.45) is -0.385. The number of carbonyl (C=O) groups excluding carboxylic acids is 2. The predicted molar refractivity (Wildman–Crippen MR) is 93.3 cm³/mol. The number of morpholine rings is 1. The Hall–Kier alpha value is -2.41. The standard InChI is InChI=1S/C19H24N2O5/c1-13-2-4-14(5-3-13)10-21-11-15(8-17(21)22)19(25)20-6-7-26-16(12-20)9-18(23)24/h2-5,15-16H,6-12H2,1H3,(H,23,24). The third-order valence-electron chi connectivity index (χ3n) is 4.91. The van der Waals surface area contributed by atoms with Gasteiger partial charge in [0.2, 0.25) is 11.8 Å². The molecule has 0 spiro atoms. The summed E-state index contributed by atoms with van der Waals surface area (Å²) in [6.45, 7) is 3.97. The number of amides is 2. The molecule has 0 saturated carbocycles. The molecule has 0 aromatic heterocycles. The molecule has 2 heterocycles. The summed E-state index contributed by atoms with van der Waals surface area (Å²) < 4.78 is 5.41. The van der Waals surface area contributed by atoms with Crippen LogP contribution in [0.1, 0.15) is 24.0 Å². The Labute approximate surface area is 152 Å². The van der Waals surface area contributed by atoms with Gasteiger partial charge in [-0.15, -0.1) is 0 Å². The van der Waals surface area contributed by atoms with Crippen LogP contribution in [0.2, 0.25) is 0 Å². The zero-order valence-corrected chi connectivity index (χ0v) is 14.9. The van der Waals surface area contributed by atoms with Crippen LogP contribution in [0.25, 0.3) is 0 Å². The number of carboxylic acids is 1. The van der Waals surface area contributed by atoms with E-state index in [4.69, 9.17) is 9.84 Å². The van der Waals surface area contributed by atoms with Crippen molar-refractivity contribution in [2.75, 3.05) is 26.2 Å². The Morgan fingerprint density at radius 1 is 1.23 bits per heavy atom. The maximum absolute atomic E-state index is 12.8. The van der Waals surface area contributed by atoms with E-state index in [-0.39, 0.29) is 37.1 Å². The molecule has 2 fully saturated rings. The largest absolute Gasteiger partial charge is 0.481 e. The molecule has 2 amide bonds. The van der Waals surface area contributed by atoms with E-state index in [0.717, 1.165) is 11.1 Å². The van der Waals surface area contributed by atoms with Crippen LogP contribution in [0.5, 0.6) is 0 Å². The number of nitrogens with zero attached hydrogens (tertiary/aromatic N) is 2. The molecule has 2 aliphatic rings. The van der Waals surface area contributed by atoms with Crippen molar-refractivity contribution in [2.45, 2.75) is 32.4 Å². The van der Waals surface area contributed by atoms with Gasteiger partial charge in [0.15, 0.2) is 0 Å². The molecule has 3 rings (SSSR count). The molecule has 2 atom stereocenters. The number of benzene rings is 1. The lowest BCUT2D eigenvalue weighted by atomic mass is 10.1. The molecule has 140 valence electrons. The van der Waals surface area contributed by atoms with E-state index >= 15 is 0 Å². The fraction of sp³-hybridized carbons (Fsp3) is 0.526. The first kappa shape index (κ1) is 18.4. The Morgan fingerprint density at radius 3 is 2.65 bits per heavy atom. The van der Waals surface area contributed by atoms with Gasteiger partial charge in [-0.2, -0.15) is 0 Å². The molecule has 2 aliphatic heterocycles. The van der Waals surface area contributed by atoms with Crippen LogP contribution >= 0.6 is 0 Å². The highest BCUT2D eigenvalue weighted by Crippen LogP contribution is 2.23. The van der Waals surface area contributed by atoms with Gasteiger partial charge in [0.25, 0.3) is 0 Å². The Morgan fingerprint density at radius 2 is 1.96 bits per heavy atom. The van der Waals surface area contributed by atoms with Gasteiger partial charge in [-0.3, -0.25) is 14.4 Å². The number of aliphatic carboxylic acids is 1. The van der Waals surface area contributed by atoms with Crippen LogP contribution < -0.4 is 0 Å². The molecule has 7 heteroatoms. The van der Waals surface area contributed by atoms with E-state index in [0.29, 0.717) is 26.2 Å². The lowest BCUT2D eigenvalue weighted by Crippen LogP contribution is -2.48. The van der Waals surface area contributed by atoms with Crippen molar-refractivity contribution in [3.8, 4) is 0 Å². The topological polar surface area (TPSA) is 87.2 Å². The van der Waals surface area contributed by atoms with Gasteiger partial charge >= 0.3 is 5.97 Å². The van der Waals surface area contributed by atoms with Crippen molar-refractivity contribution >= 4 is 17.8 Å². The monoisotopic (exact) mass is 360 g/mol. The van der Waals surface area contributed by atoms with Crippen molar-refractivity contribution in [2.24, 2.45) is 5.92 Å². The first-order valence-corrected chi connectivity index (χ1v) is 8.88. The summed E-state index contributed by atoms with van der Waals surface area (Å²) in [5, 5.41) is 8.89. The highest BCUT2D eigenvalue weighted by molar-refractivity contribution is 5.89. The number of likely N-dealkylation sites (tertiary alicyclic amines) is 1. The number of aryl methyl sites for hydroxylation is 1. The fourth-order valence-corrected chi connectivity index (χ4v) is 3.50. The van der Waals surface area contributed by atoms with E-state index in [1.54, 1.807) is 9.80 Å². The van der Waals surface area contributed by atoms with Crippen LogP contribution in [-0.4, -0.2) is 65.0 Å². The molecule has 1 aromatic carbocycles. The zero-order valence-electron chi connectivity index (χ0n) is 14.9. The van der Waals surface area contributed by atoms with E-state index in [9.17, 15) is 14.4 Å². The fourth-order valence-electron chi connectivity index (χ4n) is 3.50. The normalized spacial score (nSPS) is 23.3. The van der Waals surface area contributed by atoms with Crippen LogP contribution in [0, 0.1) is 12.8 Å². The lowest BCUT2D eigenvalue weighted by Gasteiger charge is -2.33. The van der Waals surface area contributed by atoms with Crippen molar-refractivity contribution in [3.05, 3.63) is 35.4 Å². The highest BCUT2D eigenvalue weighted by atomic mass is 16.5. The Bertz CT molecular complexity index is 688. The number of rotatable bonds is 5. The maximum atomic E-state index is 12.8. The predicted octanol–water partition coefficient (Wildman–Crippen LogP) is 1.05. The molecule has 0 radical (unpaired) electrons. The van der Waals surface area contributed by atoms with Crippen molar-refractivity contribution in [1.82, 2.24) is 9.80 Å². The number of hydrogen-bond donors (Lipinski definition) is 1. The number of ether oxygens (including phenoxy) is 1. The van der Waals surface area contributed by atoms with E-state index < -0.39 is 12.1 Å². The minimum atomic E-state index is -0.940. The number of hydrogen-bond acceptors (Lipinski definition) is 4. The molecule has 0 aliphatic carbocycles. The summed E-state index contributed by atoms with van der Waals surface area (Å²) >= 11 is 0. The van der Waals surface area contributed by atoms with Crippen molar-refractivity contribution in [1.29, 1.82) is 0 Å². The lowest BCUT2D eigenvalue weighted by molar-refractivity contribution is -0.149.